The predicted molar refractivity (Wildman–Crippen MR) is 70.5 cm³/mol. The maximum atomic E-state index is 12.5. The number of nitrogens with zero attached hydrogens (tertiary/aromatic N) is 3. The van der Waals surface area contributed by atoms with Crippen LogP contribution in [0.1, 0.15) is 42.2 Å². The minimum Gasteiger partial charge on any atom is -0.391 e. The van der Waals surface area contributed by atoms with Gasteiger partial charge in [0.25, 0.3) is 11.6 Å². The van der Waals surface area contributed by atoms with Gasteiger partial charge in [-0.1, -0.05) is 0 Å². The minimum absolute atomic E-state index is 0.0437. The third-order valence-corrected chi connectivity index (χ3v) is 3.89. The van der Waals surface area contributed by atoms with E-state index < -0.39 is 11.0 Å². The number of likely N-dealkylation sites (tertiary alicyclic amines) is 1. The second-order valence-electron chi connectivity index (χ2n) is 5.53. The highest BCUT2D eigenvalue weighted by Gasteiger charge is 2.33. The number of carbonyl (C=O) groups excluding carboxylic acids is 1. The first kappa shape index (κ1) is 13.1. The molecule has 3 rings (SSSR count). The van der Waals surface area contributed by atoms with E-state index in [2.05, 4.69) is 0 Å². The van der Waals surface area contributed by atoms with E-state index in [9.17, 15) is 20.0 Å². The van der Waals surface area contributed by atoms with Gasteiger partial charge < -0.3 is 14.6 Å². The number of piperidine rings is 1. The number of rotatable bonds is 3. The molecule has 1 saturated carbocycles. The van der Waals surface area contributed by atoms with Crippen LogP contribution >= 0.6 is 0 Å². The average Bonchev–Trinajstić information content (AvgIpc) is 3.16. The van der Waals surface area contributed by atoms with Crippen molar-refractivity contribution in [3.63, 3.8) is 0 Å². The quantitative estimate of drug-likeness (QED) is 0.667. The number of aromatic nitrogens is 1. The number of nitro groups is 1. The number of hydrogen-bond donors (Lipinski definition) is 1. The van der Waals surface area contributed by atoms with Gasteiger partial charge >= 0.3 is 0 Å². The normalized spacial score (nSPS) is 22.9. The number of hydrogen-bond acceptors (Lipinski definition) is 4. The van der Waals surface area contributed by atoms with Crippen LogP contribution in [0.2, 0.25) is 0 Å². The summed E-state index contributed by atoms with van der Waals surface area (Å²) in [4.78, 5) is 24.5. The Balaban J connectivity index is 1.88. The Kier molecular flexibility index (Phi) is 3.21. The first-order valence-corrected chi connectivity index (χ1v) is 6.90. The van der Waals surface area contributed by atoms with E-state index in [4.69, 9.17) is 0 Å². The first-order chi connectivity index (χ1) is 9.56. The molecule has 0 unspecified atom stereocenters. The van der Waals surface area contributed by atoms with Gasteiger partial charge in [0.15, 0.2) is 0 Å². The van der Waals surface area contributed by atoms with E-state index in [1.165, 1.54) is 12.3 Å². The number of amides is 1. The molecule has 1 aliphatic heterocycles. The fraction of sp³-hybridized carbons (Fsp3) is 0.615. The van der Waals surface area contributed by atoms with Gasteiger partial charge in [0, 0.05) is 25.2 Å². The van der Waals surface area contributed by atoms with Gasteiger partial charge in [-0.15, -0.1) is 0 Å². The molecule has 2 fully saturated rings. The van der Waals surface area contributed by atoms with E-state index >= 15 is 0 Å². The molecule has 2 heterocycles. The summed E-state index contributed by atoms with van der Waals surface area (Å²) in [5, 5.41) is 20.5. The SMILES string of the molecule is O=C(c1cc([N+](=O)[O-])cn1C1CC1)N1CCC[C@H](O)C1. The molecule has 7 heteroatoms. The summed E-state index contributed by atoms with van der Waals surface area (Å²) in [6.07, 6.45) is 4.33. The maximum absolute atomic E-state index is 12.5. The Labute approximate surface area is 115 Å². The fourth-order valence-corrected chi connectivity index (χ4v) is 2.69. The summed E-state index contributed by atoms with van der Waals surface area (Å²) in [6, 6.07) is 1.55. The second kappa shape index (κ2) is 4.90. The van der Waals surface area contributed by atoms with Crippen molar-refractivity contribution in [3.8, 4) is 0 Å². The third-order valence-electron chi connectivity index (χ3n) is 3.89. The van der Waals surface area contributed by atoms with Gasteiger partial charge in [-0.25, -0.2) is 0 Å². The lowest BCUT2D eigenvalue weighted by Crippen LogP contribution is -2.42. The van der Waals surface area contributed by atoms with Gasteiger partial charge in [-0.3, -0.25) is 14.9 Å². The summed E-state index contributed by atoms with van der Waals surface area (Å²) in [7, 11) is 0. The van der Waals surface area contributed by atoms with E-state index in [0.29, 0.717) is 25.2 Å². The maximum Gasteiger partial charge on any atom is 0.287 e. The van der Waals surface area contributed by atoms with Crippen LogP contribution in [0.15, 0.2) is 12.3 Å². The standard InChI is InChI=1S/C13H17N3O4/c17-11-2-1-5-14(8-11)13(18)12-6-10(16(19)20)7-15(12)9-3-4-9/h6-7,9,11,17H,1-5,8H2/t11-/m0/s1. The molecule has 0 radical (unpaired) electrons. The van der Waals surface area contributed by atoms with E-state index in [1.807, 2.05) is 0 Å². The Morgan fingerprint density at radius 1 is 1.40 bits per heavy atom. The Hall–Kier alpha value is -1.89. The summed E-state index contributed by atoms with van der Waals surface area (Å²) in [5.41, 5.74) is 0.325. The predicted octanol–water partition coefficient (Wildman–Crippen LogP) is 1.33. The van der Waals surface area contributed by atoms with Crippen LogP contribution in [0.3, 0.4) is 0 Å². The molecule has 1 aliphatic carbocycles. The number of β-amino-alcohol motifs (C(OH)–C–C–N with tert-alkyl or cyclic N) is 1. The molecule has 1 aromatic heterocycles. The van der Waals surface area contributed by atoms with Crippen LogP contribution in [-0.2, 0) is 0 Å². The number of carbonyl (C=O) groups is 1. The lowest BCUT2D eigenvalue weighted by molar-refractivity contribution is -0.384. The molecule has 1 atom stereocenters. The Bertz CT molecular complexity index is 550. The monoisotopic (exact) mass is 279 g/mol. The zero-order chi connectivity index (χ0) is 14.3. The van der Waals surface area contributed by atoms with Crippen LogP contribution < -0.4 is 0 Å². The number of aliphatic hydroxyl groups excluding tert-OH is 1. The lowest BCUT2D eigenvalue weighted by Gasteiger charge is -2.30. The highest BCUT2D eigenvalue weighted by atomic mass is 16.6. The summed E-state index contributed by atoms with van der Waals surface area (Å²) in [6.45, 7) is 0.905. The molecule has 20 heavy (non-hydrogen) atoms. The van der Waals surface area contributed by atoms with Gasteiger partial charge in [0.2, 0.25) is 0 Å². The van der Waals surface area contributed by atoms with E-state index in [0.717, 1.165) is 19.3 Å². The van der Waals surface area contributed by atoms with Crippen LogP contribution in [0.5, 0.6) is 0 Å². The fourth-order valence-electron chi connectivity index (χ4n) is 2.69. The molecule has 1 saturated heterocycles. The average molecular weight is 279 g/mol. The van der Waals surface area contributed by atoms with E-state index in [1.54, 1.807) is 9.47 Å². The van der Waals surface area contributed by atoms with Crippen LogP contribution in [0.25, 0.3) is 0 Å². The largest absolute Gasteiger partial charge is 0.391 e. The van der Waals surface area contributed by atoms with Crippen molar-refractivity contribution in [1.82, 2.24) is 9.47 Å². The van der Waals surface area contributed by atoms with Crippen molar-refractivity contribution >= 4 is 11.6 Å². The molecule has 0 spiro atoms. The molecule has 2 aliphatic rings. The van der Waals surface area contributed by atoms with Crippen molar-refractivity contribution in [1.29, 1.82) is 0 Å². The topological polar surface area (TPSA) is 88.6 Å². The molecular weight excluding hydrogens is 262 g/mol. The molecule has 1 aromatic rings. The van der Waals surface area contributed by atoms with Gasteiger partial charge in [-0.2, -0.15) is 0 Å². The van der Waals surface area contributed by atoms with Gasteiger partial charge in [0.05, 0.1) is 17.2 Å². The molecular formula is C13H17N3O4. The highest BCUT2D eigenvalue weighted by molar-refractivity contribution is 5.93. The Morgan fingerprint density at radius 2 is 2.15 bits per heavy atom. The van der Waals surface area contributed by atoms with Crippen LogP contribution in [0, 0.1) is 10.1 Å². The molecule has 0 aromatic carbocycles. The van der Waals surface area contributed by atoms with Crippen LogP contribution in [0.4, 0.5) is 5.69 Å². The van der Waals surface area contributed by atoms with Crippen LogP contribution in [-0.4, -0.2) is 44.6 Å². The molecule has 1 N–H and O–H groups in total. The molecule has 108 valence electrons. The highest BCUT2D eigenvalue weighted by Crippen LogP contribution is 2.38. The zero-order valence-corrected chi connectivity index (χ0v) is 11.1. The third kappa shape index (κ3) is 2.40. The van der Waals surface area contributed by atoms with Crippen molar-refractivity contribution in [3.05, 3.63) is 28.1 Å². The zero-order valence-electron chi connectivity index (χ0n) is 11.1. The molecule has 0 bridgehead atoms. The molecule has 1 amide bonds. The lowest BCUT2D eigenvalue weighted by atomic mass is 10.1. The van der Waals surface area contributed by atoms with Crippen molar-refractivity contribution in [2.75, 3.05) is 13.1 Å². The van der Waals surface area contributed by atoms with Gasteiger partial charge in [0.1, 0.15) is 5.69 Å². The second-order valence-corrected chi connectivity index (χ2v) is 5.53. The van der Waals surface area contributed by atoms with Crippen molar-refractivity contribution < 1.29 is 14.8 Å². The summed E-state index contributed by atoms with van der Waals surface area (Å²) in [5.74, 6) is -0.219. The smallest absolute Gasteiger partial charge is 0.287 e. The van der Waals surface area contributed by atoms with E-state index in [-0.39, 0.29) is 17.6 Å². The first-order valence-electron chi connectivity index (χ1n) is 6.90. The number of aliphatic hydroxyl groups is 1. The molecule has 7 nitrogen and oxygen atoms in total. The summed E-state index contributed by atoms with van der Waals surface area (Å²) < 4.78 is 1.72. The minimum atomic E-state index is -0.493. The Morgan fingerprint density at radius 3 is 2.75 bits per heavy atom. The van der Waals surface area contributed by atoms with Crippen molar-refractivity contribution in [2.45, 2.75) is 37.8 Å². The van der Waals surface area contributed by atoms with Crippen molar-refractivity contribution in [2.24, 2.45) is 0 Å². The summed E-state index contributed by atoms with van der Waals surface area (Å²) >= 11 is 0. The van der Waals surface area contributed by atoms with Gasteiger partial charge in [-0.05, 0) is 25.7 Å².